The minimum absolute atomic E-state index is 0.137. The number of rotatable bonds is 2. The van der Waals surface area contributed by atoms with Gasteiger partial charge in [0.2, 0.25) is 0 Å². The fourth-order valence-corrected chi connectivity index (χ4v) is 1.50. The van der Waals surface area contributed by atoms with Crippen molar-refractivity contribution in [2.75, 3.05) is 5.32 Å². The van der Waals surface area contributed by atoms with Crippen molar-refractivity contribution in [1.29, 1.82) is 0 Å². The monoisotopic (exact) mass is 232 g/mol. The van der Waals surface area contributed by atoms with Gasteiger partial charge in [0.25, 0.3) is 5.56 Å². The highest BCUT2D eigenvalue weighted by Crippen LogP contribution is 2.19. The van der Waals surface area contributed by atoms with Crippen molar-refractivity contribution in [3.05, 3.63) is 58.3 Å². The lowest BCUT2D eigenvalue weighted by atomic mass is 10.2. The van der Waals surface area contributed by atoms with Crippen molar-refractivity contribution in [3.63, 3.8) is 0 Å². The third-order valence-electron chi connectivity index (χ3n) is 2.51. The number of hydrogen-bond acceptors (Lipinski definition) is 2. The van der Waals surface area contributed by atoms with Crippen LogP contribution in [0.3, 0.4) is 0 Å². The van der Waals surface area contributed by atoms with Gasteiger partial charge in [-0.15, -0.1) is 0 Å². The van der Waals surface area contributed by atoms with Crippen LogP contribution in [0.25, 0.3) is 0 Å². The fraction of sp³-hybridized carbons (Fsp3) is 0.154. The number of pyridine rings is 1. The molecule has 1 aromatic heterocycles. The summed E-state index contributed by atoms with van der Waals surface area (Å²) < 4.78 is 15.0. The third-order valence-corrected chi connectivity index (χ3v) is 2.51. The predicted octanol–water partition coefficient (Wildman–Crippen LogP) is 2.58. The van der Waals surface area contributed by atoms with E-state index in [1.54, 1.807) is 25.4 Å². The van der Waals surface area contributed by atoms with E-state index in [-0.39, 0.29) is 11.4 Å². The van der Waals surface area contributed by atoms with E-state index in [9.17, 15) is 9.18 Å². The topological polar surface area (TPSA) is 34.0 Å². The van der Waals surface area contributed by atoms with Gasteiger partial charge in [-0.2, -0.15) is 0 Å². The van der Waals surface area contributed by atoms with Crippen LogP contribution in [0, 0.1) is 12.7 Å². The number of nitrogens with zero attached hydrogens (tertiary/aromatic N) is 1. The number of nitrogens with one attached hydrogen (secondary N) is 1. The molecule has 17 heavy (non-hydrogen) atoms. The average molecular weight is 232 g/mol. The maximum atomic E-state index is 13.6. The van der Waals surface area contributed by atoms with Crippen molar-refractivity contribution in [2.45, 2.75) is 6.92 Å². The summed E-state index contributed by atoms with van der Waals surface area (Å²) in [6.45, 7) is 1.82. The van der Waals surface area contributed by atoms with Crippen molar-refractivity contribution >= 4 is 11.4 Å². The summed E-state index contributed by atoms with van der Waals surface area (Å²) in [4.78, 5) is 11.4. The predicted molar refractivity (Wildman–Crippen MR) is 66.1 cm³/mol. The van der Waals surface area contributed by atoms with E-state index in [0.717, 1.165) is 5.56 Å². The van der Waals surface area contributed by atoms with Gasteiger partial charge in [-0.1, -0.05) is 6.07 Å². The Bertz CT molecular complexity index is 605. The molecule has 0 aliphatic heterocycles. The first-order valence-electron chi connectivity index (χ1n) is 5.26. The first-order valence-corrected chi connectivity index (χ1v) is 5.26. The summed E-state index contributed by atoms with van der Waals surface area (Å²) in [5.74, 6) is -0.328. The minimum Gasteiger partial charge on any atom is -0.353 e. The van der Waals surface area contributed by atoms with Crippen LogP contribution in [0.15, 0.2) is 41.3 Å². The highest BCUT2D eigenvalue weighted by atomic mass is 19.1. The molecule has 0 saturated carbocycles. The lowest BCUT2D eigenvalue weighted by Gasteiger charge is -2.08. The van der Waals surface area contributed by atoms with E-state index in [1.165, 1.54) is 16.7 Å². The minimum atomic E-state index is -0.328. The number of anilines is 2. The van der Waals surface area contributed by atoms with E-state index >= 15 is 0 Å². The van der Waals surface area contributed by atoms with E-state index < -0.39 is 0 Å². The lowest BCUT2D eigenvalue weighted by molar-refractivity contribution is 0.630. The van der Waals surface area contributed by atoms with Crippen LogP contribution in [0.4, 0.5) is 15.8 Å². The average Bonchev–Trinajstić information content (AvgIpc) is 2.27. The summed E-state index contributed by atoms with van der Waals surface area (Å²) >= 11 is 0. The Morgan fingerprint density at radius 2 is 2.00 bits per heavy atom. The molecule has 2 rings (SSSR count). The Labute approximate surface area is 98.5 Å². The molecule has 0 aliphatic carbocycles. The first kappa shape index (κ1) is 11.4. The van der Waals surface area contributed by atoms with Crippen LogP contribution < -0.4 is 10.9 Å². The zero-order valence-corrected chi connectivity index (χ0v) is 9.70. The zero-order valence-electron chi connectivity index (χ0n) is 9.70. The molecule has 0 radical (unpaired) electrons. The molecule has 2 aromatic rings. The number of aromatic nitrogens is 1. The van der Waals surface area contributed by atoms with E-state index in [0.29, 0.717) is 11.4 Å². The highest BCUT2D eigenvalue weighted by Gasteiger charge is 2.03. The molecular weight excluding hydrogens is 219 g/mol. The molecule has 0 atom stereocenters. The number of benzene rings is 1. The van der Waals surface area contributed by atoms with E-state index in [2.05, 4.69) is 5.32 Å². The first-order chi connectivity index (χ1) is 8.06. The Balaban J connectivity index is 2.31. The second kappa shape index (κ2) is 4.41. The van der Waals surface area contributed by atoms with Crippen molar-refractivity contribution in [3.8, 4) is 0 Å². The van der Waals surface area contributed by atoms with E-state index in [4.69, 9.17) is 0 Å². The van der Waals surface area contributed by atoms with Crippen molar-refractivity contribution in [1.82, 2.24) is 4.57 Å². The second-order valence-corrected chi connectivity index (χ2v) is 3.97. The Morgan fingerprint density at radius 3 is 2.65 bits per heavy atom. The molecule has 0 saturated heterocycles. The quantitative estimate of drug-likeness (QED) is 0.863. The maximum Gasteiger partial charge on any atom is 0.252 e. The molecule has 0 spiro atoms. The van der Waals surface area contributed by atoms with Gasteiger partial charge in [0.1, 0.15) is 5.82 Å². The van der Waals surface area contributed by atoms with Crippen LogP contribution in [0.2, 0.25) is 0 Å². The second-order valence-electron chi connectivity index (χ2n) is 3.97. The van der Waals surface area contributed by atoms with Gasteiger partial charge in [0.05, 0.1) is 5.69 Å². The number of hydrogen-bond donors (Lipinski definition) is 1. The molecule has 1 heterocycles. The van der Waals surface area contributed by atoms with Gasteiger partial charge in [0, 0.05) is 25.0 Å². The lowest BCUT2D eigenvalue weighted by Crippen LogP contribution is -2.14. The van der Waals surface area contributed by atoms with Crippen molar-refractivity contribution < 1.29 is 4.39 Å². The molecule has 0 unspecified atom stereocenters. The molecule has 0 amide bonds. The summed E-state index contributed by atoms with van der Waals surface area (Å²) in [5.41, 5.74) is 1.67. The molecule has 0 fully saturated rings. The van der Waals surface area contributed by atoms with E-state index in [1.807, 2.05) is 13.0 Å². The van der Waals surface area contributed by atoms with Crippen LogP contribution in [-0.2, 0) is 7.05 Å². The third kappa shape index (κ3) is 2.53. The van der Waals surface area contributed by atoms with Gasteiger partial charge >= 0.3 is 0 Å². The molecule has 88 valence electrons. The zero-order chi connectivity index (χ0) is 12.4. The molecule has 1 N–H and O–H groups in total. The van der Waals surface area contributed by atoms with Crippen LogP contribution in [0.1, 0.15) is 5.56 Å². The summed E-state index contributed by atoms with van der Waals surface area (Å²) in [6.07, 6.45) is 1.64. The van der Waals surface area contributed by atoms with Gasteiger partial charge in [0.15, 0.2) is 0 Å². The summed E-state index contributed by atoms with van der Waals surface area (Å²) in [6, 6.07) is 8.07. The fourth-order valence-electron chi connectivity index (χ4n) is 1.50. The Morgan fingerprint density at radius 1 is 1.24 bits per heavy atom. The van der Waals surface area contributed by atoms with Crippen molar-refractivity contribution in [2.24, 2.45) is 7.05 Å². The SMILES string of the molecule is Cc1ccc(Nc2ccn(C)c(=O)c2)c(F)c1. The Kier molecular flexibility index (Phi) is 2.95. The molecule has 3 nitrogen and oxygen atoms in total. The molecule has 0 aliphatic rings. The maximum absolute atomic E-state index is 13.6. The number of halogens is 1. The Hall–Kier alpha value is -2.10. The molecule has 0 bridgehead atoms. The smallest absolute Gasteiger partial charge is 0.252 e. The standard InChI is InChI=1S/C13H13FN2O/c1-9-3-4-12(11(14)7-9)15-10-5-6-16(2)13(17)8-10/h3-8,15H,1-2H3. The molecular formula is C13H13FN2O. The molecule has 4 heteroatoms. The summed E-state index contributed by atoms with van der Waals surface area (Å²) in [5, 5.41) is 2.88. The number of aryl methyl sites for hydroxylation is 2. The largest absolute Gasteiger partial charge is 0.353 e. The molecule has 1 aromatic carbocycles. The van der Waals surface area contributed by atoms with Crippen LogP contribution >= 0.6 is 0 Å². The summed E-state index contributed by atoms with van der Waals surface area (Å²) in [7, 11) is 1.67. The van der Waals surface area contributed by atoms with Gasteiger partial charge in [-0.3, -0.25) is 4.79 Å². The van der Waals surface area contributed by atoms with Gasteiger partial charge in [-0.05, 0) is 30.7 Å². The van der Waals surface area contributed by atoms with Crippen LogP contribution in [0.5, 0.6) is 0 Å². The van der Waals surface area contributed by atoms with Crippen LogP contribution in [-0.4, -0.2) is 4.57 Å². The van der Waals surface area contributed by atoms with Gasteiger partial charge in [-0.25, -0.2) is 4.39 Å². The van der Waals surface area contributed by atoms with Gasteiger partial charge < -0.3 is 9.88 Å². The normalized spacial score (nSPS) is 10.3. The highest BCUT2D eigenvalue weighted by molar-refractivity contribution is 5.59.